The van der Waals surface area contributed by atoms with E-state index in [1.807, 2.05) is 19.9 Å². The van der Waals surface area contributed by atoms with Gasteiger partial charge in [0.15, 0.2) is 0 Å². The average molecular weight is 209 g/mol. The number of carbonyl (C=O) groups excluding carboxylic acids is 2. The van der Waals surface area contributed by atoms with E-state index in [1.165, 1.54) is 9.80 Å². The molecular formula is C10H15N3O2. The Morgan fingerprint density at radius 1 is 1.33 bits per heavy atom. The van der Waals surface area contributed by atoms with Crippen molar-refractivity contribution in [2.24, 2.45) is 0 Å². The third kappa shape index (κ3) is 2.09. The van der Waals surface area contributed by atoms with Crippen LogP contribution in [0.25, 0.3) is 0 Å². The molecule has 1 aliphatic rings. The van der Waals surface area contributed by atoms with E-state index in [-0.39, 0.29) is 0 Å². The molecule has 1 atom stereocenters. The first-order chi connectivity index (χ1) is 7.15. The van der Waals surface area contributed by atoms with Crippen LogP contribution in [-0.2, 0) is 9.59 Å². The summed E-state index contributed by atoms with van der Waals surface area (Å²) in [7, 11) is 0. The fraction of sp³-hybridized carbons (Fsp3) is 0.700. The van der Waals surface area contributed by atoms with Gasteiger partial charge in [-0.2, -0.15) is 5.26 Å². The lowest BCUT2D eigenvalue weighted by molar-refractivity contribution is -0.156. The van der Waals surface area contributed by atoms with Crippen LogP contribution in [0.1, 0.15) is 20.3 Å². The summed E-state index contributed by atoms with van der Waals surface area (Å²) in [5, 5.41) is 8.84. The van der Waals surface area contributed by atoms with Crippen molar-refractivity contribution in [1.82, 2.24) is 9.80 Å². The summed E-state index contributed by atoms with van der Waals surface area (Å²) < 4.78 is 0. The van der Waals surface area contributed by atoms with Crippen LogP contribution in [0.15, 0.2) is 0 Å². The number of carbonyl (C=O) groups is 2. The van der Waals surface area contributed by atoms with Crippen LogP contribution in [0.3, 0.4) is 0 Å². The first kappa shape index (κ1) is 11.5. The molecular weight excluding hydrogens is 194 g/mol. The minimum atomic E-state index is -0.545. The van der Waals surface area contributed by atoms with E-state index in [4.69, 9.17) is 5.26 Å². The highest BCUT2D eigenvalue weighted by Crippen LogP contribution is 2.10. The summed E-state index contributed by atoms with van der Waals surface area (Å²) in [6.07, 6.45) is 0.557. The first-order valence-electron chi connectivity index (χ1n) is 5.15. The Kier molecular flexibility index (Phi) is 3.67. The normalized spacial score (nSPS) is 19.0. The second kappa shape index (κ2) is 4.78. The van der Waals surface area contributed by atoms with E-state index >= 15 is 0 Å². The van der Waals surface area contributed by atoms with Gasteiger partial charge in [0.25, 0.3) is 0 Å². The molecule has 1 fully saturated rings. The van der Waals surface area contributed by atoms with Gasteiger partial charge in [-0.1, -0.05) is 6.92 Å². The molecule has 0 bridgehead atoms. The van der Waals surface area contributed by atoms with Crippen LogP contribution < -0.4 is 0 Å². The topological polar surface area (TPSA) is 64.4 Å². The second-order valence-electron chi connectivity index (χ2n) is 3.44. The molecule has 0 N–H and O–H groups in total. The number of rotatable bonds is 3. The molecule has 0 aliphatic carbocycles. The summed E-state index contributed by atoms with van der Waals surface area (Å²) in [5.41, 5.74) is 0. The Bertz CT molecular complexity index is 308. The first-order valence-corrected chi connectivity index (χ1v) is 5.15. The van der Waals surface area contributed by atoms with Crippen molar-refractivity contribution in [3.8, 4) is 6.07 Å². The van der Waals surface area contributed by atoms with Crippen LogP contribution in [0.2, 0.25) is 0 Å². The average Bonchev–Trinajstić information content (AvgIpc) is 2.26. The van der Waals surface area contributed by atoms with Gasteiger partial charge in [0.1, 0.15) is 6.04 Å². The molecule has 1 heterocycles. The van der Waals surface area contributed by atoms with Gasteiger partial charge in [-0.15, -0.1) is 0 Å². The second-order valence-corrected chi connectivity index (χ2v) is 3.44. The van der Waals surface area contributed by atoms with Crippen molar-refractivity contribution < 1.29 is 9.59 Å². The largest absolute Gasteiger partial charge is 0.333 e. The molecule has 5 nitrogen and oxygen atoms in total. The van der Waals surface area contributed by atoms with Crippen molar-refractivity contribution in [2.45, 2.75) is 26.3 Å². The van der Waals surface area contributed by atoms with Crippen molar-refractivity contribution >= 4 is 11.8 Å². The van der Waals surface area contributed by atoms with Gasteiger partial charge in [0.2, 0.25) is 0 Å². The molecule has 1 unspecified atom stereocenters. The van der Waals surface area contributed by atoms with E-state index in [9.17, 15) is 9.59 Å². The molecule has 1 saturated heterocycles. The number of hydrogen-bond acceptors (Lipinski definition) is 3. The van der Waals surface area contributed by atoms with Crippen molar-refractivity contribution in [2.75, 3.05) is 19.6 Å². The lowest BCUT2D eigenvalue weighted by Gasteiger charge is -2.35. The Morgan fingerprint density at radius 2 is 2.00 bits per heavy atom. The smallest absolute Gasteiger partial charge is 0.313 e. The monoisotopic (exact) mass is 209 g/mol. The summed E-state index contributed by atoms with van der Waals surface area (Å²) in [6.45, 7) is 5.20. The van der Waals surface area contributed by atoms with Gasteiger partial charge in [-0.25, -0.2) is 0 Å². The summed E-state index contributed by atoms with van der Waals surface area (Å²) >= 11 is 0. The zero-order valence-corrected chi connectivity index (χ0v) is 9.06. The molecule has 0 aromatic heterocycles. The van der Waals surface area contributed by atoms with E-state index in [0.717, 1.165) is 0 Å². The van der Waals surface area contributed by atoms with E-state index < -0.39 is 17.9 Å². The summed E-state index contributed by atoms with van der Waals surface area (Å²) in [5.74, 6) is -1.03. The maximum absolute atomic E-state index is 11.6. The molecule has 1 aliphatic heterocycles. The Hall–Kier alpha value is -1.57. The van der Waals surface area contributed by atoms with Gasteiger partial charge in [-0.3, -0.25) is 9.59 Å². The van der Waals surface area contributed by atoms with Gasteiger partial charge < -0.3 is 9.80 Å². The fourth-order valence-electron chi connectivity index (χ4n) is 1.67. The van der Waals surface area contributed by atoms with Crippen molar-refractivity contribution in [1.29, 1.82) is 5.26 Å². The zero-order chi connectivity index (χ0) is 11.4. The third-order valence-electron chi connectivity index (χ3n) is 2.64. The number of amides is 2. The lowest BCUT2D eigenvalue weighted by atomic mass is 10.1. The molecule has 0 saturated carbocycles. The number of piperazine rings is 1. The number of hydrogen-bond donors (Lipinski definition) is 0. The standard InChI is InChI=1S/C10H15N3O2/c1-3-8(7-11)13-6-5-12(4-2)9(14)10(13)15/h8H,3-6H2,1-2H3. The van der Waals surface area contributed by atoms with Gasteiger partial charge in [0, 0.05) is 19.6 Å². The van der Waals surface area contributed by atoms with Gasteiger partial charge >= 0.3 is 11.8 Å². The molecule has 0 radical (unpaired) electrons. The highest BCUT2D eigenvalue weighted by molar-refractivity contribution is 6.35. The Labute approximate surface area is 89.3 Å². The molecule has 0 spiro atoms. The predicted molar refractivity (Wildman–Crippen MR) is 53.7 cm³/mol. The van der Waals surface area contributed by atoms with Crippen LogP contribution in [0.4, 0.5) is 0 Å². The fourth-order valence-corrected chi connectivity index (χ4v) is 1.67. The highest BCUT2D eigenvalue weighted by Gasteiger charge is 2.34. The quantitative estimate of drug-likeness (QED) is 0.613. The Balaban J connectivity index is 2.77. The van der Waals surface area contributed by atoms with Crippen LogP contribution >= 0.6 is 0 Å². The van der Waals surface area contributed by atoms with Crippen LogP contribution in [0.5, 0.6) is 0 Å². The molecule has 1 rings (SSSR count). The van der Waals surface area contributed by atoms with Gasteiger partial charge in [0.05, 0.1) is 6.07 Å². The highest BCUT2D eigenvalue weighted by atomic mass is 16.2. The minimum Gasteiger partial charge on any atom is -0.333 e. The summed E-state index contributed by atoms with van der Waals surface area (Å²) in [6, 6.07) is 1.57. The molecule has 0 aromatic rings. The molecule has 15 heavy (non-hydrogen) atoms. The molecule has 5 heteroatoms. The van der Waals surface area contributed by atoms with Crippen LogP contribution in [-0.4, -0.2) is 47.3 Å². The van der Waals surface area contributed by atoms with Gasteiger partial charge in [-0.05, 0) is 13.3 Å². The van der Waals surface area contributed by atoms with E-state index in [1.54, 1.807) is 0 Å². The van der Waals surface area contributed by atoms with E-state index in [2.05, 4.69) is 0 Å². The number of nitriles is 1. The minimum absolute atomic E-state index is 0.463. The molecule has 82 valence electrons. The molecule has 2 amide bonds. The van der Waals surface area contributed by atoms with E-state index in [0.29, 0.717) is 26.1 Å². The lowest BCUT2D eigenvalue weighted by Crippen LogP contribution is -2.56. The van der Waals surface area contributed by atoms with Crippen LogP contribution in [0, 0.1) is 11.3 Å². The third-order valence-corrected chi connectivity index (χ3v) is 2.64. The number of likely N-dealkylation sites (N-methyl/N-ethyl adjacent to an activating group) is 1. The number of nitrogens with zero attached hydrogens (tertiary/aromatic N) is 3. The zero-order valence-electron chi connectivity index (χ0n) is 9.06. The predicted octanol–water partition coefficient (Wildman–Crippen LogP) is -0.0207. The maximum atomic E-state index is 11.6. The van der Waals surface area contributed by atoms with Crippen molar-refractivity contribution in [3.05, 3.63) is 0 Å². The Morgan fingerprint density at radius 3 is 2.47 bits per heavy atom. The van der Waals surface area contributed by atoms with Crippen molar-refractivity contribution in [3.63, 3.8) is 0 Å². The SMILES string of the molecule is CCC(C#N)N1CCN(CC)C(=O)C1=O. The maximum Gasteiger partial charge on any atom is 0.313 e. The molecule has 0 aromatic carbocycles. The summed E-state index contributed by atoms with van der Waals surface area (Å²) in [4.78, 5) is 26.0.